The number of hydrogen-bond acceptors (Lipinski definition) is 3. The molecule has 0 bridgehead atoms. The Bertz CT molecular complexity index is 292. The quantitative estimate of drug-likeness (QED) is 0.568. The van der Waals surface area contributed by atoms with Crippen LogP contribution >= 0.6 is 0 Å². The average molecular weight is 254 g/mol. The molecule has 2 fully saturated rings. The largest absolute Gasteiger partial charge is 0.464 e. The van der Waals surface area contributed by atoms with E-state index in [2.05, 4.69) is 6.92 Å². The molecule has 0 aromatic carbocycles. The van der Waals surface area contributed by atoms with Crippen LogP contribution in [0.5, 0.6) is 0 Å². The minimum absolute atomic E-state index is 0.118. The third-order valence-corrected chi connectivity index (χ3v) is 4.43. The van der Waals surface area contributed by atoms with Crippen molar-refractivity contribution in [3.05, 3.63) is 0 Å². The summed E-state index contributed by atoms with van der Waals surface area (Å²) in [6.07, 6.45) is 10.1. The highest BCUT2D eigenvalue weighted by Gasteiger charge is 2.73. The van der Waals surface area contributed by atoms with Crippen LogP contribution in [0.15, 0.2) is 0 Å². The van der Waals surface area contributed by atoms with Crippen molar-refractivity contribution in [1.82, 2.24) is 0 Å². The van der Waals surface area contributed by atoms with Gasteiger partial charge in [-0.05, 0) is 26.2 Å². The Labute approximate surface area is 110 Å². The molecule has 0 aromatic rings. The number of carbonyl (C=O) groups excluding carboxylic acids is 1. The number of epoxide rings is 1. The van der Waals surface area contributed by atoms with Crippen LogP contribution < -0.4 is 0 Å². The Kier molecular flexibility index (Phi) is 4.31. The van der Waals surface area contributed by atoms with Crippen molar-refractivity contribution in [3.8, 4) is 0 Å². The molecule has 0 N–H and O–H groups in total. The van der Waals surface area contributed by atoms with Gasteiger partial charge in [-0.3, -0.25) is 0 Å². The molecule has 2 rings (SSSR count). The van der Waals surface area contributed by atoms with Crippen molar-refractivity contribution in [2.24, 2.45) is 0 Å². The van der Waals surface area contributed by atoms with Crippen LogP contribution in [0, 0.1) is 0 Å². The van der Waals surface area contributed by atoms with Crippen LogP contribution in [0.25, 0.3) is 0 Å². The second-order valence-electron chi connectivity index (χ2n) is 5.66. The monoisotopic (exact) mass is 254 g/mol. The molecule has 3 heteroatoms. The Balaban J connectivity index is 2.10. The molecule has 0 radical (unpaired) electrons. The summed E-state index contributed by atoms with van der Waals surface area (Å²) in [5, 5.41) is 0. The molecule has 1 unspecified atom stereocenters. The molecular formula is C15H26O3. The summed E-state index contributed by atoms with van der Waals surface area (Å²) in [7, 11) is 0. The molecule has 2 aliphatic rings. The Morgan fingerprint density at radius 2 is 1.72 bits per heavy atom. The average Bonchev–Trinajstić information content (AvgIpc) is 2.95. The predicted octanol–water partition coefficient (Wildman–Crippen LogP) is 3.60. The molecule has 1 spiro atoms. The van der Waals surface area contributed by atoms with E-state index in [-0.39, 0.29) is 11.6 Å². The maximum atomic E-state index is 12.2. The Morgan fingerprint density at radius 3 is 2.28 bits per heavy atom. The zero-order chi connectivity index (χ0) is 13.1. The van der Waals surface area contributed by atoms with Crippen LogP contribution in [-0.4, -0.2) is 23.8 Å². The van der Waals surface area contributed by atoms with E-state index in [1.54, 1.807) is 0 Å². The van der Waals surface area contributed by atoms with Crippen molar-refractivity contribution in [1.29, 1.82) is 0 Å². The summed E-state index contributed by atoms with van der Waals surface area (Å²) >= 11 is 0. The van der Waals surface area contributed by atoms with Crippen molar-refractivity contribution >= 4 is 5.97 Å². The number of esters is 1. The molecule has 0 amide bonds. The fraction of sp³-hybridized carbons (Fsp3) is 0.933. The number of rotatable bonds is 4. The lowest BCUT2D eigenvalue weighted by atomic mass is 9.80. The summed E-state index contributed by atoms with van der Waals surface area (Å²) in [5.41, 5.74) is -0.787. The van der Waals surface area contributed by atoms with Gasteiger partial charge in [0.15, 0.2) is 5.60 Å². The molecule has 0 aromatic heterocycles. The van der Waals surface area contributed by atoms with Gasteiger partial charge in [0.05, 0.1) is 6.61 Å². The first kappa shape index (κ1) is 13.9. The maximum absolute atomic E-state index is 12.2. The van der Waals surface area contributed by atoms with Gasteiger partial charge in [0.25, 0.3) is 0 Å². The van der Waals surface area contributed by atoms with Gasteiger partial charge >= 0.3 is 5.97 Å². The lowest BCUT2D eigenvalue weighted by molar-refractivity contribution is -0.149. The van der Waals surface area contributed by atoms with E-state index in [1.165, 1.54) is 32.1 Å². The summed E-state index contributed by atoms with van der Waals surface area (Å²) in [4.78, 5) is 12.2. The Hall–Kier alpha value is -0.570. The van der Waals surface area contributed by atoms with E-state index >= 15 is 0 Å². The molecule has 1 heterocycles. The van der Waals surface area contributed by atoms with Gasteiger partial charge in [-0.2, -0.15) is 0 Å². The second-order valence-corrected chi connectivity index (χ2v) is 5.66. The first-order chi connectivity index (χ1) is 8.71. The van der Waals surface area contributed by atoms with Gasteiger partial charge in [0, 0.05) is 0 Å². The van der Waals surface area contributed by atoms with Gasteiger partial charge in [-0.1, -0.05) is 45.4 Å². The summed E-state index contributed by atoms with van der Waals surface area (Å²) in [5.74, 6) is -0.118. The number of hydrogen-bond donors (Lipinski definition) is 0. The van der Waals surface area contributed by atoms with E-state index in [0.717, 1.165) is 25.7 Å². The molecule has 104 valence electrons. The first-order valence-corrected chi connectivity index (χ1v) is 7.58. The number of carbonyl (C=O) groups is 1. The van der Waals surface area contributed by atoms with Gasteiger partial charge in [-0.25, -0.2) is 4.79 Å². The smallest absolute Gasteiger partial charge is 0.341 e. The third-order valence-electron chi connectivity index (χ3n) is 4.43. The van der Waals surface area contributed by atoms with Crippen LogP contribution in [0.3, 0.4) is 0 Å². The predicted molar refractivity (Wildman–Crippen MR) is 70.4 cm³/mol. The van der Waals surface area contributed by atoms with Gasteiger partial charge in [0.1, 0.15) is 5.60 Å². The van der Waals surface area contributed by atoms with E-state index in [4.69, 9.17) is 9.47 Å². The van der Waals surface area contributed by atoms with Crippen molar-refractivity contribution < 1.29 is 14.3 Å². The zero-order valence-electron chi connectivity index (χ0n) is 11.8. The lowest BCUT2D eigenvalue weighted by Gasteiger charge is -2.20. The van der Waals surface area contributed by atoms with Crippen LogP contribution in [-0.2, 0) is 14.3 Å². The highest BCUT2D eigenvalue weighted by atomic mass is 16.7. The van der Waals surface area contributed by atoms with Crippen molar-refractivity contribution in [2.75, 3.05) is 6.61 Å². The van der Waals surface area contributed by atoms with Crippen molar-refractivity contribution in [3.63, 3.8) is 0 Å². The highest BCUT2D eigenvalue weighted by molar-refractivity contribution is 5.85. The van der Waals surface area contributed by atoms with Gasteiger partial charge in [-0.15, -0.1) is 0 Å². The normalized spacial score (nSPS) is 30.6. The molecule has 18 heavy (non-hydrogen) atoms. The maximum Gasteiger partial charge on any atom is 0.341 e. The SMILES string of the molecule is CCCC1(C(=O)OCC)OC12CCCCCCC2. The molecule has 1 saturated carbocycles. The molecule has 3 nitrogen and oxygen atoms in total. The molecule has 1 aliphatic carbocycles. The van der Waals surface area contributed by atoms with Crippen LogP contribution in [0.2, 0.25) is 0 Å². The zero-order valence-corrected chi connectivity index (χ0v) is 11.8. The van der Waals surface area contributed by atoms with Crippen LogP contribution in [0.1, 0.15) is 71.6 Å². The fourth-order valence-electron chi connectivity index (χ4n) is 3.50. The topological polar surface area (TPSA) is 38.8 Å². The van der Waals surface area contributed by atoms with Crippen molar-refractivity contribution in [2.45, 2.75) is 82.8 Å². The highest BCUT2D eigenvalue weighted by Crippen LogP contribution is 2.58. The fourth-order valence-corrected chi connectivity index (χ4v) is 3.50. The van der Waals surface area contributed by atoms with E-state index in [1.807, 2.05) is 6.92 Å². The van der Waals surface area contributed by atoms with Crippen LogP contribution in [0.4, 0.5) is 0 Å². The third kappa shape index (κ3) is 2.29. The lowest BCUT2D eigenvalue weighted by Crippen LogP contribution is -2.36. The molecule has 1 aliphatic heterocycles. The summed E-state index contributed by atoms with van der Waals surface area (Å²) in [6.45, 7) is 4.42. The molecular weight excluding hydrogens is 228 g/mol. The first-order valence-electron chi connectivity index (χ1n) is 7.58. The standard InChI is InChI=1S/C15H26O3/c1-3-10-15(13(16)17-4-2)14(18-15)11-8-6-5-7-9-12-14/h3-12H2,1-2H3. The Morgan fingerprint density at radius 1 is 1.11 bits per heavy atom. The van der Waals surface area contributed by atoms with Gasteiger partial charge < -0.3 is 9.47 Å². The minimum Gasteiger partial charge on any atom is -0.464 e. The molecule has 1 saturated heterocycles. The van der Waals surface area contributed by atoms with Gasteiger partial charge in [0.2, 0.25) is 0 Å². The van der Waals surface area contributed by atoms with E-state index in [0.29, 0.717) is 6.61 Å². The van der Waals surface area contributed by atoms with E-state index < -0.39 is 5.60 Å². The minimum atomic E-state index is -0.602. The van der Waals surface area contributed by atoms with E-state index in [9.17, 15) is 4.79 Å². The summed E-state index contributed by atoms with van der Waals surface area (Å²) in [6, 6.07) is 0. The second kappa shape index (κ2) is 5.60. The number of ether oxygens (including phenoxy) is 2. The molecule has 1 atom stereocenters. The summed E-state index contributed by atoms with van der Waals surface area (Å²) < 4.78 is 11.3.